The van der Waals surface area contributed by atoms with Crippen LogP contribution in [0.4, 0.5) is 0 Å². The first kappa shape index (κ1) is 15.7. The van der Waals surface area contributed by atoms with Gasteiger partial charge >= 0.3 is 0 Å². The lowest BCUT2D eigenvalue weighted by Gasteiger charge is -2.29. The second kappa shape index (κ2) is 7.33. The lowest BCUT2D eigenvalue weighted by Crippen LogP contribution is -2.44. The number of β-amino-alcohol motifs (C(OH)–C–C–N with tert-alkyl or cyclic N) is 1. The molecule has 2 heterocycles. The number of aromatic nitrogens is 2. The summed E-state index contributed by atoms with van der Waals surface area (Å²) < 4.78 is 0. The first-order valence-corrected chi connectivity index (χ1v) is 7.27. The van der Waals surface area contributed by atoms with E-state index in [2.05, 4.69) is 15.3 Å². The minimum absolute atomic E-state index is 0.0703. The highest BCUT2D eigenvalue weighted by Crippen LogP contribution is 2.08. The molecule has 1 atom stereocenters. The molecule has 2 rings (SSSR count). The summed E-state index contributed by atoms with van der Waals surface area (Å²) >= 11 is 0. The van der Waals surface area contributed by atoms with E-state index in [0.717, 1.165) is 19.4 Å². The summed E-state index contributed by atoms with van der Waals surface area (Å²) in [6, 6.07) is 1.43. The lowest BCUT2D eigenvalue weighted by atomic mass is 10.1. The molecule has 1 aliphatic rings. The zero-order chi connectivity index (χ0) is 15.2. The highest BCUT2D eigenvalue weighted by Gasteiger charge is 2.19. The Bertz CT molecular complexity index is 543. The van der Waals surface area contributed by atoms with Gasteiger partial charge in [-0.1, -0.05) is 0 Å². The maximum absolute atomic E-state index is 11.8. The number of aromatic amines is 1. The van der Waals surface area contributed by atoms with Crippen LogP contribution in [-0.2, 0) is 11.2 Å². The van der Waals surface area contributed by atoms with Crippen LogP contribution in [0.5, 0.6) is 0 Å². The Morgan fingerprint density at radius 3 is 3.14 bits per heavy atom. The summed E-state index contributed by atoms with van der Waals surface area (Å²) in [5.41, 5.74) is 0.494. The molecule has 1 aliphatic heterocycles. The molecule has 0 spiro atoms. The third-order valence-electron chi connectivity index (χ3n) is 3.45. The van der Waals surface area contributed by atoms with E-state index in [9.17, 15) is 14.7 Å². The normalized spacial score (nSPS) is 19.4. The van der Waals surface area contributed by atoms with E-state index < -0.39 is 0 Å². The van der Waals surface area contributed by atoms with Gasteiger partial charge in [-0.3, -0.25) is 14.5 Å². The molecule has 0 saturated carbocycles. The molecule has 0 radical (unpaired) electrons. The van der Waals surface area contributed by atoms with Crippen LogP contribution in [0.15, 0.2) is 10.9 Å². The Morgan fingerprint density at radius 1 is 1.62 bits per heavy atom. The number of aryl methyl sites for hydroxylation is 1. The lowest BCUT2D eigenvalue weighted by molar-refractivity contribution is -0.122. The molecular weight excluding hydrogens is 272 g/mol. The van der Waals surface area contributed by atoms with Crippen LogP contribution in [0.2, 0.25) is 0 Å². The molecule has 3 N–H and O–H groups in total. The molecule has 1 aromatic rings. The predicted molar refractivity (Wildman–Crippen MR) is 78.0 cm³/mol. The van der Waals surface area contributed by atoms with Crippen LogP contribution in [0.25, 0.3) is 0 Å². The van der Waals surface area contributed by atoms with Crippen molar-refractivity contribution < 1.29 is 9.90 Å². The van der Waals surface area contributed by atoms with Crippen LogP contribution >= 0.6 is 0 Å². The third kappa shape index (κ3) is 5.28. The number of aliphatic hydroxyl groups excluding tert-OH is 1. The van der Waals surface area contributed by atoms with E-state index in [1.54, 1.807) is 6.92 Å². The van der Waals surface area contributed by atoms with Crippen molar-refractivity contribution >= 4 is 5.91 Å². The summed E-state index contributed by atoms with van der Waals surface area (Å²) in [5.74, 6) is 0.507. The SMILES string of the molecule is Cc1cc(=O)[nH]c(CCNC(=O)CN2CCCC(O)C2)n1. The Balaban J connectivity index is 1.72. The number of H-pyrrole nitrogens is 1. The number of likely N-dealkylation sites (tertiary alicyclic amines) is 1. The molecule has 7 heteroatoms. The van der Waals surface area contributed by atoms with Gasteiger partial charge in [0.15, 0.2) is 0 Å². The number of carbonyl (C=O) groups is 1. The standard InChI is InChI=1S/C14H22N4O3/c1-10-7-13(20)17-12(16-10)4-5-15-14(21)9-18-6-2-3-11(19)8-18/h7,11,19H,2-6,8-9H2,1H3,(H,15,21)(H,16,17,20). The van der Waals surface area contributed by atoms with E-state index in [4.69, 9.17) is 0 Å². The van der Waals surface area contributed by atoms with Crippen LogP contribution in [0, 0.1) is 6.92 Å². The molecule has 0 aliphatic carbocycles. The van der Waals surface area contributed by atoms with Crippen molar-refractivity contribution in [1.82, 2.24) is 20.2 Å². The number of nitrogens with zero attached hydrogens (tertiary/aromatic N) is 2. The van der Waals surface area contributed by atoms with Gasteiger partial charge in [-0.2, -0.15) is 0 Å². The highest BCUT2D eigenvalue weighted by atomic mass is 16.3. The Kier molecular flexibility index (Phi) is 5.46. The van der Waals surface area contributed by atoms with Crippen LogP contribution in [0.1, 0.15) is 24.4 Å². The number of amides is 1. The van der Waals surface area contributed by atoms with Gasteiger partial charge in [0.2, 0.25) is 5.91 Å². The Labute approximate surface area is 123 Å². The van der Waals surface area contributed by atoms with Crippen molar-refractivity contribution in [3.05, 3.63) is 27.9 Å². The van der Waals surface area contributed by atoms with Crippen LogP contribution < -0.4 is 10.9 Å². The van der Waals surface area contributed by atoms with Gasteiger partial charge in [0, 0.05) is 31.3 Å². The number of aliphatic hydroxyl groups is 1. The minimum atomic E-state index is -0.326. The summed E-state index contributed by atoms with van der Waals surface area (Å²) in [6.45, 7) is 3.90. The molecule has 1 aromatic heterocycles. The number of piperidine rings is 1. The average molecular weight is 294 g/mol. The number of carbonyl (C=O) groups excluding carboxylic acids is 1. The summed E-state index contributed by atoms with van der Waals surface area (Å²) in [5, 5.41) is 12.4. The van der Waals surface area contributed by atoms with Gasteiger partial charge in [0.05, 0.1) is 12.6 Å². The van der Waals surface area contributed by atoms with E-state index in [1.165, 1.54) is 6.07 Å². The first-order chi connectivity index (χ1) is 10.0. The third-order valence-corrected chi connectivity index (χ3v) is 3.45. The molecule has 1 amide bonds. The fourth-order valence-electron chi connectivity index (χ4n) is 2.51. The number of hydrogen-bond acceptors (Lipinski definition) is 5. The number of rotatable bonds is 5. The van der Waals surface area contributed by atoms with Crippen molar-refractivity contribution in [2.24, 2.45) is 0 Å². The van der Waals surface area contributed by atoms with Gasteiger partial charge in [-0.15, -0.1) is 0 Å². The quantitative estimate of drug-likeness (QED) is 0.660. The molecular formula is C14H22N4O3. The number of hydrogen-bond donors (Lipinski definition) is 3. The zero-order valence-electron chi connectivity index (χ0n) is 12.3. The highest BCUT2D eigenvalue weighted by molar-refractivity contribution is 5.78. The topological polar surface area (TPSA) is 98.3 Å². The van der Waals surface area contributed by atoms with Gasteiger partial charge in [-0.05, 0) is 26.3 Å². The fourth-order valence-corrected chi connectivity index (χ4v) is 2.51. The van der Waals surface area contributed by atoms with E-state index in [-0.39, 0.29) is 17.6 Å². The zero-order valence-corrected chi connectivity index (χ0v) is 12.3. The van der Waals surface area contributed by atoms with Gasteiger partial charge in [-0.25, -0.2) is 4.98 Å². The number of nitrogens with one attached hydrogen (secondary N) is 2. The second-order valence-corrected chi connectivity index (χ2v) is 5.46. The predicted octanol–water partition coefficient (Wildman–Crippen LogP) is -0.806. The molecule has 7 nitrogen and oxygen atoms in total. The minimum Gasteiger partial charge on any atom is -0.392 e. The molecule has 0 bridgehead atoms. The molecule has 21 heavy (non-hydrogen) atoms. The monoisotopic (exact) mass is 294 g/mol. The van der Waals surface area contributed by atoms with E-state index in [0.29, 0.717) is 37.6 Å². The van der Waals surface area contributed by atoms with Gasteiger partial charge in [0.25, 0.3) is 5.56 Å². The fraction of sp³-hybridized carbons (Fsp3) is 0.643. The van der Waals surface area contributed by atoms with Crippen molar-refractivity contribution in [2.45, 2.75) is 32.3 Å². The molecule has 116 valence electrons. The summed E-state index contributed by atoms with van der Waals surface area (Å²) in [6.07, 6.45) is 1.90. The van der Waals surface area contributed by atoms with Crippen LogP contribution in [0.3, 0.4) is 0 Å². The first-order valence-electron chi connectivity index (χ1n) is 7.27. The van der Waals surface area contributed by atoms with Gasteiger partial charge < -0.3 is 15.4 Å². The maximum atomic E-state index is 11.8. The van der Waals surface area contributed by atoms with Crippen molar-refractivity contribution in [3.63, 3.8) is 0 Å². The average Bonchev–Trinajstić information content (AvgIpc) is 2.37. The summed E-state index contributed by atoms with van der Waals surface area (Å²) in [7, 11) is 0. The largest absolute Gasteiger partial charge is 0.392 e. The molecule has 1 fully saturated rings. The Hall–Kier alpha value is -1.73. The van der Waals surface area contributed by atoms with E-state index >= 15 is 0 Å². The summed E-state index contributed by atoms with van der Waals surface area (Å²) in [4.78, 5) is 31.9. The smallest absolute Gasteiger partial charge is 0.251 e. The second-order valence-electron chi connectivity index (χ2n) is 5.46. The van der Waals surface area contributed by atoms with Gasteiger partial charge in [0.1, 0.15) is 5.82 Å². The Morgan fingerprint density at radius 2 is 2.43 bits per heavy atom. The molecule has 0 aromatic carbocycles. The van der Waals surface area contributed by atoms with Crippen molar-refractivity contribution in [1.29, 1.82) is 0 Å². The molecule has 1 unspecified atom stereocenters. The maximum Gasteiger partial charge on any atom is 0.251 e. The van der Waals surface area contributed by atoms with Crippen LogP contribution in [-0.4, -0.2) is 58.2 Å². The van der Waals surface area contributed by atoms with E-state index in [1.807, 2.05) is 4.90 Å². The van der Waals surface area contributed by atoms with Crippen molar-refractivity contribution in [2.75, 3.05) is 26.2 Å². The van der Waals surface area contributed by atoms with Crippen molar-refractivity contribution in [3.8, 4) is 0 Å². The molecule has 1 saturated heterocycles.